The second kappa shape index (κ2) is 29.3. The van der Waals surface area contributed by atoms with Crippen LogP contribution in [-0.4, -0.2) is 178 Å². The van der Waals surface area contributed by atoms with Gasteiger partial charge in [0.05, 0.1) is 82.2 Å². The summed E-state index contributed by atoms with van der Waals surface area (Å²) >= 11 is 0. The summed E-state index contributed by atoms with van der Waals surface area (Å²) in [5, 5.41) is 22.9. The van der Waals surface area contributed by atoms with E-state index in [1.807, 2.05) is 13.8 Å². The van der Waals surface area contributed by atoms with Crippen LogP contribution in [0.5, 0.6) is 0 Å². The topological polar surface area (TPSA) is 482 Å². The lowest BCUT2D eigenvalue weighted by molar-refractivity contribution is -0.122. The smallest absolute Gasteiger partial charge is 0.478 e. The summed E-state index contributed by atoms with van der Waals surface area (Å²) in [7, 11) is -18.6. The number of carboxylic acids is 1. The Morgan fingerprint density at radius 1 is 0.827 bits per heavy atom. The van der Waals surface area contributed by atoms with E-state index in [0.29, 0.717) is 0 Å². The highest BCUT2D eigenvalue weighted by molar-refractivity contribution is 8.77. The predicted octanol–water partition coefficient (Wildman–Crippen LogP) is 2.89. The molecular weight excluding hydrogens is 1220 g/mol. The standard InChI is InChI=1S/C42H56BN4O27P3S4/c1-42(2,79-78-23-69-31-20-33(43)71-32(31)21-70-76(55,56)74-77(57,58)73-75(52,53)54)22-47-34(48)9-11-65-13-15-67-17-18-68-16-14-66-12-10-46-40(49)24-3-4-25(28(19-24)41(50)51)35-26-5-7-29(44)38(80(59,60)61)36(26)72-37-27(35)6-8-30(45)39(37)81(62,63)64/h3-8,19,31-33,44H,9-18,20-23,45H2,1-2H3,(H,46,49)(H,47,48)(H,50,51)(H,55,56)(H,57,58)(H2,52,53,54)(H,59,60,61)(H,62,63,64)/t31?,32-,33-/m1/s1. The summed E-state index contributed by atoms with van der Waals surface area (Å²) in [5.41, 5.74) is 3.45. The van der Waals surface area contributed by atoms with E-state index >= 15 is 0 Å². The summed E-state index contributed by atoms with van der Waals surface area (Å²) in [4.78, 5) is 72.6. The first kappa shape index (κ1) is 67.9. The third-order valence-corrected chi connectivity index (χ3v) is 19.4. The minimum absolute atomic E-state index is 0.00467. The number of anilines is 1. The van der Waals surface area contributed by atoms with Gasteiger partial charge in [-0.2, -0.15) is 25.5 Å². The lowest BCUT2D eigenvalue weighted by Crippen LogP contribution is -2.36. The summed E-state index contributed by atoms with van der Waals surface area (Å²) in [6.07, 6.45) is -1.55. The van der Waals surface area contributed by atoms with Gasteiger partial charge in [-0.15, -0.1) is 0 Å². The molecule has 2 amide bonds. The zero-order valence-corrected chi connectivity index (χ0v) is 48.5. The first-order chi connectivity index (χ1) is 37.7. The van der Waals surface area contributed by atoms with Crippen molar-refractivity contribution in [3.63, 3.8) is 0 Å². The third kappa shape index (κ3) is 21.0. The van der Waals surface area contributed by atoms with Gasteiger partial charge in [0, 0.05) is 52.3 Å². The normalized spacial score (nSPS) is 17.7. The lowest BCUT2D eigenvalue weighted by atomic mass is 9.89. The number of nitrogen functional groups attached to an aromatic ring is 1. The van der Waals surface area contributed by atoms with Crippen LogP contribution in [0.25, 0.3) is 33.4 Å². The number of hydrogen-bond donors (Lipinski definition) is 11. The molecule has 5 rings (SSSR count). The van der Waals surface area contributed by atoms with E-state index in [-0.39, 0.29) is 118 Å². The van der Waals surface area contributed by atoms with E-state index < -0.39 is 123 Å². The molecule has 3 unspecified atom stereocenters. The molecule has 39 heteroatoms. The van der Waals surface area contributed by atoms with Crippen molar-refractivity contribution in [1.82, 2.24) is 10.6 Å². The van der Waals surface area contributed by atoms with Gasteiger partial charge in [0.1, 0.15) is 19.9 Å². The highest BCUT2D eigenvalue weighted by atomic mass is 33.1. The number of ether oxygens (including phenoxy) is 6. The molecular formula is C42H56BN4O27P3S4. The maximum Gasteiger partial charge on any atom is 0.490 e. The van der Waals surface area contributed by atoms with Crippen LogP contribution in [-0.2, 0) is 80.3 Å². The average Bonchev–Trinajstić information content (AvgIpc) is 3.78. The largest absolute Gasteiger partial charge is 0.490 e. The van der Waals surface area contributed by atoms with Crippen LogP contribution >= 0.6 is 45.1 Å². The molecule has 2 radical (unpaired) electrons. The summed E-state index contributed by atoms with van der Waals surface area (Å²) < 4.78 is 155. The van der Waals surface area contributed by atoms with Crippen molar-refractivity contribution < 1.29 is 125 Å². The third-order valence-electron chi connectivity index (χ3n) is 10.8. The molecule has 2 heterocycles. The number of nitrogens with two attached hydrogens (primary N) is 1. The number of aromatic carboxylic acids is 1. The van der Waals surface area contributed by atoms with E-state index in [1.54, 1.807) is 0 Å². The van der Waals surface area contributed by atoms with Crippen LogP contribution in [0.2, 0.25) is 0 Å². The van der Waals surface area contributed by atoms with E-state index in [1.165, 1.54) is 45.9 Å². The number of hydrogen-bond acceptors (Lipinski definition) is 24. The van der Waals surface area contributed by atoms with Crippen LogP contribution in [0.15, 0.2) is 56.7 Å². The fourth-order valence-electron chi connectivity index (χ4n) is 7.41. The molecule has 448 valence electrons. The summed E-state index contributed by atoms with van der Waals surface area (Å²) in [6, 6.07) is 7.11. The van der Waals surface area contributed by atoms with Gasteiger partial charge in [-0.25, -0.2) is 18.5 Å². The Labute approximate surface area is 471 Å². The number of fused-ring (bicyclic) bond motifs is 2. The fraction of sp³-hybridized carbons (Fsp3) is 0.476. The maximum atomic E-state index is 13.1. The molecule has 0 bridgehead atoms. The molecule has 1 fully saturated rings. The van der Waals surface area contributed by atoms with Gasteiger partial charge in [0.15, 0.2) is 21.1 Å². The average molecular weight is 1280 g/mol. The molecule has 2 aromatic rings. The van der Waals surface area contributed by atoms with E-state index in [4.69, 9.17) is 61.6 Å². The van der Waals surface area contributed by atoms with Gasteiger partial charge in [-0.1, -0.05) is 27.7 Å². The van der Waals surface area contributed by atoms with Gasteiger partial charge >= 0.3 is 29.4 Å². The molecule has 31 nitrogen and oxygen atoms in total. The van der Waals surface area contributed by atoms with Gasteiger partial charge < -0.3 is 73.9 Å². The second-order valence-electron chi connectivity index (χ2n) is 17.5. The van der Waals surface area contributed by atoms with E-state index in [2.05, 4.69) is 23.8 Å². The van der Waals surface area contributed by atoms with Crippen molar-refractivity contribution in [2.75, 3.05) is 84.2 Å². The van der Waals surface area contributed by atoms with Gasteiger partial charge in [0.25, 0.3) is 26.1 Å². The van der Waals surface area contributed by atoms with Crippen molar-refractivity contribution >= 4 is 108 Å². The predicted molar refractivity (Wildman–Crippen MR) is 286 cm³/mol. The molecule has 2 aliphatic heterocycles. The number of benzene rings is 3. The van der Waals surface area contributed by atoms with Gasteiger partial charge in [-0.05, 0) is 62.2 Å². The number of carbonyl (C=O) groups is 3. The monoisotopic (exact) mass is 1280 g/mol. The van der Waals surface area contributed by atoms with Crippen LogP contribution < -0.4 is 21.7 Å². The number of phosphoric ester groups is 1. The fourth-order valence-corrected chi connectivity index (χ4v) is 14.1. The molecule has 5 atom stereocenters. The number of amides is 2. The van der Waals surface area contributed by atoms with Crippen LogP contribution in [0.3, 0.4) is 0 Å². The highest BCUT2D eigenvalue weighted by Crippen LogP contribution is 2.66. The van der Waals surface area contributed by atoms with Gasteiger partial charge in [0.2, 0.25) is 5.91 Å². The number of nitrogens with one attached hydrogen (secondary N) is 3. The first-order valence-corrected chi connectivity index (χ1v) is 33.1. The SMILES string of the molecule is [B][C@H]1CC(OCSSC(C)(C)CNC(=O)CCOCCOCCOCCOCCNC(=O)c2ccc(-c3c4ccc(=N)c(S(=O)(=O)O)c-4oc4c(S(=O)(=O)O)c(N)ccc34)c(C(=O)O)c2)[C@@H](COP(=O)(O)OP(=O)(O)OP(=O)(O)O)O1. The maximum absolute atomic E-state index is 13.1. The van der Waals surface area contributed by atoms with Crippen molar-refractivity contribution in [2.24, 2.45) is 0 Å². The molecule has 81 heavy (non-hydrogen) atoms. The number of carbonyl (C=O) groups excluding carboxylic acids is 2. The van der Waals surface area contributed by atoms with Crippen LogP contribution in [0, 0.1) is 5.41 Å². The Kier molecular flexibility index (Phi) is 24.5. The van der Waals surface area contributed by atoms with Crippen molar-refractivity contribution in [1.29, 1.82) is 5.41 Å². The minimum atomic E-state index is -5.70. The Morgan fingerprint density at radius 2 is 1.43 bits per heavy atom. The van der Waals surface area contributed by atoms with Crippen molar-refractivity contribution in [3.8, 4) is 22.5 Å². The number of phosphoric acid groups is 3. The zero-order valence-electron chi connectivity index (χ0n) is 42.6. The lowest BCUT2D eigenvalue weighted by Gasteiger charge is -2.24. The Balaban J connectivity index is 0.938. The minimum Gasteiger partial charge on any atom is -0.478 e. The Hall–Kier alpha value is -3.91. The Morgan fingerprint density at radius 3 is 2.04 bits per heavy atom. The van der Waals surface area contributed by atoms with Crippen LogP contribution in [0.1, 0.15) is 47.4 Å². The van der Waals surface area contributed by atoms with Crippen molar-refractivity contribution in [2.45, 2.75) is 59.4 Å². The highest BCUT2D eigenvalue weighted by Gasteiger charge is 2.43. The quantitative estimate of drug-likeness (QED) is 0.00468. The molecule has 0 saturated carbocycles. The van der Waals surface area contributed by atoms with E-state index in [9.17, 15) is 68.9 Å². The summed E-state index contributed by atoms with van der Waals surface area (Å²) in [6.45, 7) is 4.70. The van der Waals surface area contributed by atoms with E-state index in [0.717, 1.165) is 18.2 Å². The van der Waals surface area contributed by atoms with Gasteiger partial charge in [-0.3, -0.25) is 28.6 Å². The molecule has 12 N–H and O–H groups in total. The van der Waals surface area contributed by atoms with Crippen molar-refractivity contribution in [3.05, 3.63) is 58.9 Å². The van der Waals surface area contributed by atoms with Crippen LogP contribution in [0.4, 0.5) is 5.69 Å². The number of carboxylic acid groups (broad SMARTS) is 1. The zero-order chi connectivity index (χ0) is 60.1. The molecule has 0 aromatic heterocycles. The second-order valence-corrected chi connectivity index (χ2v) is 27.6. The number of rotatable bonds is 34. The first-order valence-electron chi connectivity index (χ1n) is 23.4. The molecule has 1 saturated heterocycles. The molecule has 0 spiro atoms. The Bertz CT molecular complexity index is 3320. The molecule has 2 aromatic carbocycles. The molecule has 3 aliphatic rings. The summed E-state index contributed by atoms with van der Waals surface area (Å²) in [5.74, 6) is -3.20. The molecule has 1 aliphatic carbocycles.